The zero-order valence-corrected chi connectivity index (χ0v) is 24.2. The fourth-order valence-corrected chi connectivity index (χ4v) is 7.87. The summed E-state index contributed by atoms with van der Waals surface area (Å²) in [5.41, 5.74) is 4.41. The quantitative estimate of drug-likeness (QED) is 0.304. The van der Waals surface area contributed by atoms with Crippen molar-refractivity contribution in [3.63, 3.8) is 0 Å². The lowest BCUT2D eigenvalue weighted by molar-refractivity contribution is 0.205. The Morgan fingerprint density at radius 1 is 0.925 bits per heavy atom. The van der Waals surface area contributed by atoms with E-state index in [2.05, 4.69) is 81.5 Å². The van der Waals surface area contributed by atoms with Crippen molar-refractivity contribution >= 4 is 5.69 Å². The van der Waals surface area contributed by atoms with Crippen molar-refractivity contribution in [3.8, 4) is 5.75 Å². The van der Waals surface area contributed by atoms with Crippen LogP contribution in [0.4, 0.5) is 5.69 Å². The van der Waals surface area contributed by atoms with E-state index in [4.69, 9.17) is 11.3 Å². The summed E-state index contributed by atoms with van der Waals surface area (Å²) in [6, 6.07) is 8.83. The molecule has 2 aliphatic heterocycles. The summed E-state index contributed by atoms with van der Waals surface area (Å²) in [5.74, 6) is 3.63. The second kappa shape index (κ2) is 11.3. The second-order valence-corrected chi connectivity index (χ2v) is 13.1. The molecule has 2 heterocycles. The minimum absolute atomic E-state index is 0.235. The molecule has 0 aromatic heterocycles. The van der Waals surface area contributed by atoms with Crippen molar-refractivity contribution < 1.29 is 4.74 Å². The highest BCUT2D eigenvalue weighted by Crippen LogP contribution is 2.65. The Morgan fingerprint density at radius 2 is 1.80 bits per heavy atom. The third kappa shape index (κ3) is 5.44. The molecule has 0 spiro atoms. The summed E-state index contributed by atoms with van der Waals surface area (Å²) in [6.45, 7) is 13.6. The summed E-state index contributed by atoms with van der Waals surface area (Å²) in [6.07, 6.45) is 26.0. The fourth-order valence-electron chi connectivity index (χ4n) is 7.87. The predicted molar refractivity (Wildman–Crippen MR) is 166 cm³/mol. The van der Waals surface area contributed by atoms with E-state index in [-0.39, 0.29) is 5.41 Å². The van der Waals surface area contributed by atoms with Crippen LogP contribution in [-0.2, 0) is 0 Å². The minimum Gasteiger partial charge on any atom is -0.494 e. The van der Waals surface area contributed by atoms with E-state index in [1.165, 1.54) is 62.2 Å². The summed E-state index contributed by atoms with van der Waals surface area (Å²) in [4.78, 5) is 7.76. The van der Waals surface area contributed by atoms with Gasteiger partial charge in [0, 0.05) is 55.4 Å². The van der Waals surface area contributed by atoms with Crippen molar-refractivity contribution in [3.05, 3.63) is 84.6 Å². The number of benzene rings is 1. The van der Waals surface area contributed by atoms with Crippen LogP contribution in [-0.4, -0.2) is 62.2 Å². The molecule has 7 rings (SSSR count). The average molecular weight is 538 g/mol. The molecule has 4 nitrogen and oxygen atoms in total. The summed E-state index contributed by atoms with van der Waals surface area (Å²) in [7, 11) is 0. The first-order chi connectivity index (χ1) is 19.7. The normalized spacial score (nSPS) is 31.6. The highest BCUT2D eigenvalue weighted by molar-refractivity contribution is 5.50. The maximum atomic E-state index is 6.09. The Labute approximate surface area is 241 Å². The molecule has 4 fully saturated rings. The van der Waals surface area contributed by atoms with E-state index in [9.17, 15) is 0 Å². The van der Waals surface area contributed by atoms with Crippen LogP contribution < -0.4 is 9.64 Å². The van der Waals surface area contributed by atoms with Crippen LogP contribution in [0.1, 0.15) is 44.9 Å². The highest BCUT2D eigenvalue weighted by Gasteiger charge is 2.58. The van der Waals surface area contributed by atoms with Crippen molar-refractivity contribution in [1.82, 2.24) is 9.80 Å². The Kier molecular flexibility index (Phi) is 7.39. The van der Waals surface area contributed by atoms with E-state index in [1.807, 2.05) is 0 Å². The molecule has 0 radical (unpaired) electrons. The lowest BCUT2D eigenvalue weighted by Crippen LogP contribution is -2.35. The van der Waals surface area contributed by atoms with E-state index in [0.717, 1.165) is 69.8 Å². The standard InChI is InChI=1S/C36H47N3O/c1-28(35(30-11-10-29-25-31(29)26-30)36-16-4-3-9-32(36)27-36)38-20-7-21-39(23-22-38)33-12-14-34(15-13-33)40-24-8-19-37-17-5-2-6-18-37/h3-4,9-16,26,29,31-32,35H,1-2,5-8,17-25,27H2. The van der Waals surface area contributed by atoms with Crippen LogP contribution >= 0.6 is 0 Å². The molecule has 0 bridgehead atoms. The SMILES string of the molecule is C=C(C(C1=CC2CC2C=C1)C12C=CC=CC1C2)N1CCCN(c2ccc(OCCCN3CCCCC3)cc2)CC1. The molecule has 0 N–H and O–H groups in total. The van der Waals surface area contributed by atoms with Gasteiger partial charge in [-0.3, -0.25) is 0 Å². The van der Waals surface area contributed by atoms with Gasteiger partial charge in [-0.25, -0.2) is 0 Å². The third-order valence-electron chi connectivity index (χ3n) is 10.4. The number of anilines is 1. The number of hydrogen-bond donors (Lipinski definition) is 0. The van der Waals surface area contributed by atoms with Gasteiger partial charge in [0.25, 0.3) is 0 Å². The minimum atomic E-state index is 0.235. The van der Waals surface area contributed by atoms with Gasteiger partial charge in [-0.1, -0.05) is 55.5 Å². The maximum absolute atomic E-state index is 6.09. The predicted octanol–water partition coefficient (Wildman–Crippen LogP) is 6.85. The van der Waals surface area contributed by atoms with Gasteiger partial charge in [-0.2, -0.15) is 0 Å². The largest absolute Gasteiger partial charge is 0.494 e. The number of fused-ring (bicyclic) bond motifs is 2. The first kappa shape index (κ1) is 26.2. The lowest BCUT2D eigenvalue weighted by atomic mass is 9.76. The Morgan fingerprint density at radius 3 is 2.62 bits per heavy atom. The van der Waals surface area contributed by atoms with Crippen molar-refractivity contribution in [2.24, 2.45) is 29.1 Å². The highest BCUT2D eigenvalue weighted by atomic mass is 16.5. The van der Waals surface area contributed by atoms with E-state index >= 15 is 0 Å². The molecule has 40 heavy (non-hydrogen) atoms. The van der Waals surface area contributed by atoms with Crippen LogP contribution in [0.3, 0.4) is 0 Å². The van der Waals surface area contributed by atoms with Gasteiger partial charge in [0.1, 0.15) is 5.75 Å². The number of nitrogens with zero attached hydrogens (tertiary/aromatic N) is 3. The van der Waals surface area contributed by atoms with E-state index in [1.54, 1.807) is 0 Å². The molecule has 6 aliphatic rings. The van der Waals surface area contributed by atoms with Crippen LogP contribution in [0.5, 0.6) is 5.75 Å². The van der Waals surface area contributed by atoms with Crippen molar-refractivity contribution in [1.29, 1.82) is 0 Å². The molecular formula is C36H47N3O. The first-order valence-electron chi connectivity index (χ1n) is 16.1. The molecule has 4 aliphatic carbocycles. The number of ether oxygens (including phenoxy) is 1. The Bertz CT molecular complexity index is 1190. The number of rotatable bonds is 10. The van der Waals surface area contributed by atoms with Gasteiger partial charge in [-0.15, -0.1) is 0 Å². The zero-order chi connectivity index (χ0) is 26.9. The van der Waals surface area contributed by atoms with Gasteiger partial charge in [0.2, 0.25) is 0 Å². The first-order valence-corrected chi connectivity index (χ1v) is 16.1. The molecule has 1 aromatic carbocycles. The number of hydrogen-bond acceptors (Lipinski definition) is 4. The Hall–Kier alpha value is -2.72. The van der Waals surface area contributed by atoms with Gasteiger partial charge in [-0.05, 0) is 99.2 Å². The summed E-state index contributed by atoms with van der Waals surface area (Å²) < 4.78 is 6.09. The molecule has 1 aromatic rings. The number of likely N-dealkylation sites (tertiary alicyclic amines) is 1. The lowest BCUT2D eigenvalue weighted by Gasteiger charge is -2.37. The van der Waals surface area contributed by atoms with Crippen LogP contribution in [0.15, 0.2) is 84.6 Å². The molecule has 2 saturated heterocycles. The fraction of sp³-hybridized carbons (Fsp3) is 0.556. The van der Waals surface area contributed by atoms with Gasteiger partial charge < -0.3 is 19.4 Å². The monoisotopic (exact) mass is 537 g/mol. The van der Waals surface area contributed by atoms with Crippen molar-refractivity contribution in [2.75, 3.05) is 57.3 Å². The molecule has 4 heteroatoms. The smallest absolute Gasteiger partial charge is 0.119 e. The maximum Gasteiger partial charge on any atom is 0.119 e. The van der Waals surface area contributed by atoms with Crippen molar-refractivity contribution in [2.45, 2.75) is 44.9 Å². The van der Waals surface area contributed by atoms with E-state index < -0.39 is 0 Å². The van der Waals surface area contributed by atoms with E-state index in [0.29, 0.717) is 11.8 Å². The average Bonchev–Trinajstić information content (AvgIpc) is 3.90. The van der Waals surface area contributed by atoms with Crippen LogP contribution in [0, 0.1) is 29.1 Å². The zero-order valence-electron chi connectivity index (χ0n) is 24.2. The molecule has 0 amide bonds. The topological polar surface area (TPSA) is 19.0 Å². The Balaban J connectivity index is 0.954. The molecule has 5 unspecified atom stereocenters. The van der Waals surface area contributed by atoms with Gasteiger partial charge in [0.05, 0.1) is 6.61 Å². The summed E-state index contributed by atoms with van der Waals surface area (Å²) in [5, 5.41) is 0. The number of allylic oxidation sites excluding steroid dienone is 8. The van der Waals surface area contributed by atoms with Crippen LogP contribution in [0.25, 0.3) is 0 Å². The molecule has 2 saturated carbocycles. The number of piperidine rings is 1. The van der Waals surface area contributed by atoms with Gasteiger partial charge >= 0.3 is 0 Å². The molecule has 5 atom stereocenters. The third-order valence-corrected chi connectivity index (χ3v) is 10.4. The summed E-state index contributed by atoms with van der Waals surface area (Å²) >= 11 is 0. The van der Waals surface area contributed by atoms with Crippen LogP contribution in [0.2, 0.25) is 0 Å². The molecular weight excluding hydrogens is 490 g/mol. The second-order valence-electron chi connectivity index (χ2n) is 13.1. The van der Waals surface area contributed by atoms with Gasteiger partial charge in [0.15, 0.2) is 0 Å². The molecule has 212 valence electrons.